The number of rotatable bonds is 4. The molecule has 0 aliphatic carbocycles. The standard InChI is InChI=1S/C10H8Cl2F3NO3/c11-7-4-5(16)3-6(8(7)12)9(17)18-1-2-19-10(13,14)15/h3-4H,1-2,16H2. The highest BCUT2D eigenvalue weighted by Gasteiger charge is 2.28. The van der Waals surface area contributed by atoms with Crippen LogP contribution in [0, 0.1) is 0 Å². The van der Waals surface area contributed by atoms with Crippen molar-refractivity contribution in [3.05, 3.63) is 27.7 Å². The number of alkyl halides is 3. The van der Waals surface area contributed by atoms with E-state index in [1.165, 1.54) is 12.1 Å². The van der Waals surface area contributed by atoms with Crippen molar-refractivity contribution in [2.45, 2.75) is 6.36 Å². The van der Waals surface area contributed by atoms with Crippen LogP contribution in [0.5, 0.6) is 0 Å². The summed E-state index contributed by atoms with van der Waals surface area (Å²) in [6, 6.07) is 2.54. The highest BCUT2D eigenvalue weighted by atomic mass is 35.5. The number of carbonyl (C=O) groups excluding carboxylic acids is 1. The van der Waals surface area contributed by atoms with Gasteiger partial charge in [0, 0.05) is 5.69 Å². The zero-order chi connectivity index (χ0) is 14.6. The van der Waals surface area contributed by atoms with Gasteiger partial charge >= 0.3 is 12.3 Å². The molecule has 1 aromatic carbocycles. The molecule has 9 heteroatoms. The molecule has 0 unspecified atom stereocenters. The summed E-state index contributed by atoms with van der Waals surface area (Å²) < 4.78 is 42.9. The first-order chi connectivity index (χ1) is 8.70. The van der Waals surface area contributed by atoms with Crippen LogP contribution in [0.2, 0.25) is 10.0 Å². The summed E-state index contributed by atoms with van der Waals surface area (Å²) in [7, 11) is 0. The van der Waals surface area contributed by atoms with Crippen LogP contribution in [0.15, 0.2) is 12.1 Å². The van der Waals surface area contributed by atoms with Gasteiger partial charge in [-0.1, -0.05) is 23.2 Å². The van der Waals surface area contributed by atoms with Crippen LogP contribution in [-0.4, -0.2) is 25.5 Å². The lowest BCUT2D eigenvalue weighted by Crippen LogP contribution is -2.19. The Bertz CT molecular complexity index is 480. The van der Waals surface area contributed by atoms with Crippen molar-refractivity contribution in [1.29, 1.82) is 0 Å². The third-order valence-corrected chi connectivity index (χ3v) is 2.65. The molecule has 0 aliphatic heterocycles. The molecule has 1 rings (SSSR count). The number of hydrogen-bond donors (Lipinski definition) is 1. The number of ether oxygens (including phenoxy) is 2. The Morgan fingerprint density at radius 2 is 1.89 bits per heavy atom. The highest BCUT2D eigenvalue weighted by Crippen LogP contribution is 2.29. The fraction of sp³-hybridized carbons (Fsp3) is 0.300. The van der Waals surface area contributed by atoms with Crippen LogP contribution in [0.4, 0.5) is 18.9 Å². The molecular formula is C10H8Cl2F3NO3. The van der Waals surface area contributed by atoms with Crippen LogP contribution in [0.3, 0.4) is 0 Å². The number of hydrogen-bond acceptors (Lipinski definition) is 4. The predicted octanol–water partition coefficient (Wildman–Crippen LogP) is 3.27. The van der Waals surface area contributed by atoms with Crippen molar-refractivity contribution in [2.24, 2.45) is 0 Å². The Morgan fingerprint density at radius 3 is 2.47 bits per heavy atom. The molecule has 4 nitrogen and oxygen atoms in total. The molecular weight excluding hydrogens is 310 g/mol. The zero-order valence-electron chi connectivity index (χ0n) is 9.26. The van der Waals surface area contributed by atoms with E-state index in [4.69, 9.17) is 28.9 Å². The SMILES string of the molecule is Nc1cc(Cl)c(Cl)c(C(=O)OCCOC(F)(F)F)c1. The lowest BCUT2D eigenvalue weighted by molar-refractivity contribution is -0.326. The molecule has 2 N–H and O–H groups in total. The maximum atomic E-state index is 11.7. The molecule has 0 saturated heterocycles. The predicted molar refractivity (Wildman–Crippen MR) is 63.2 cm³/mol. The third kappa shape index (κ3) is 5.14. The van der Waals surface area contributed by atoms with Crippen LogP contribution in [-0.2, 0) is 9.47 Å². The fourth-order valence-corrected chi connectivity index (χ4v) is 1.54. The smallest absolute Gasteiger partial charge is 0.460 e. The summed E-state index contributed by atoms with van der Waals surface area (Å²) in [5.41, 5.74) is 5.50. The van der Waals surface area contributed by atoms with Gasteiger partial charge in [0.2, 0.25) is 0 Å². The molecule has 106 valence electrons. The number of carbonyl (C=O) groups is 1. The topological polar surface area (TPSA) is 61.6 Å². The number of nitrogen functional groups attached to an aromatic ring is 1. The molecule has 0 bridgehead atoms. The summed E-state index contributed by atoms with van der Waals surface area (Å²) >= 11 is 11.4. The van der Waals surface area contributed by atoms with Crippen molar-refractivity contribution in [3.63, 3.8) is 0 Å². The second-order valence-corrected chi connectivity index (χ2v) is 4.08. The molecule has 0 spiro atoms. The fourth-order valence-electron chi connectivity index (χ4n) is 1.13. The highest BCUT2D eigenvalue weighted by molar-refractivity contribution is 6.44. The normalized spacial score (nSPS) is 11.4. The van der Waals surface area contributed by atoms with E-state index in [0.29, 0.717) is 0 Å². The maximum Gasteiger partial charge on any atom is 0.522 e. The number of anilines is 1. The molecule has 0 radical (unpaired) electrons. The summed E-state index contributed by atoms with van der Waals surface area (Å²) in [6.45, 7) is -1.40. The van der Waals surface area contributed by atoms with Gasteiger partial charge in [-0.2, -0.15) is 0 Å². The van der Waals surface area contributed by atoms with E-state index in [0.717, 1.165) is 0 Å². The van der Waals surface area contributed by atoms with Crippen molar-refractivity contribution < 1.29 is 27.4 Å². The number of benzene rings is 1. The van der Waals surface area contributed by atoms with Gasteiger partial charge in [-0.05, 0) is 12.1 Å². The van der Waals surface area contributed by atoms with E-state index in [1.54, 1.807) is 0 Å². The molecule has 0 fully saturated rings. The monoisotopic (exact) mass is 317 g/mol. The first-order valence-electron chi connectivity index (χ1n) is 4.83. The van der Waals surface area contributed by atoms with Gasteiger partial charge in [0.1, 0.15) is 6.61 Å². The first kappa shape index (κ1) is 15.9. The van der Waals surface area contributed by atoms with Gasteiger partial charge in [-0.25, -0.2) is 4.79 Å². The van der Waals surface area contributed by atoms with E-state index < -0.39 is 25.5 Å². The number of esters is 1. The lowest BCUT2D eigenvalue weighted by Gasteiger charge is -2.09. The molecule has 0 heterocycles. The van der Waals surface area contributed by atoms with Gasteiger partial charge in [0.05, 0.1) is 22.2 Å². The largest absolute Gasteiger partial charge is 0.522 e. The van der Waals surface area contributed by atoms with Crippen molar-refractivity contribution in [1.82, 2.24) is 0 Å². The second kappa shape index (κ2) is 6.31. The molecule has 1 aromatic rings. The van der Waals surface area contributed by atoms with E-state index >= 15 is 0 Å². The molecule has 0 atom stereocenters. The Hall–Kier alpha value is -1.18. The summed E-state index contributed by atoms with van der Waals surface area (Å²) in [5.74, 6) is -0.940. The average Bonchev–Trinajstić information content (AvgIpc) is 2.27. The van der Waals surface area contributed by atoms with Crippen molar-refractivity contribution in [3.8, 4) is 0 Å². The first-order valence-corrected chi connectivity index (χ1v) is 5.58. The number of nitrogens with two attached hydrogens (primary N) is 1. The minimum Gasteiger partial charge on any atom is -0.460 e. The quantitative estimate of drug-likeness (QED) is 0.526. The minimum atomic E-state index is -4.77. The van der Waals surface area contributed by atoms with Gasteiger partial charge in [0.25, 0.3) is 0 Å². The van der Waals surface area contributed by atoms with Crippen molar-refractivity contribution >= 4 is 34.9 Å². The molecule has 0 aliphatic rings. The Kier molecular flexibility index (Phi) is 5.28. The maximum absolute atomic E-state index is 11.7. The molecule has 0 amide bonds. The van der Waals surface area contributed by atoms with Gasteiger partial charge in [-0.15, -0.1) is 13.2 Å². The molecule has 19 heavy (non-hydrogen) atoms. The van der Waals surface area contributed by atoms with Gasteiger partial charge in [0.15, 0.2) is 0 Å². The van der Waals surface area contributed by atoms with E-state index in [9.17, 15) is 18.0 Å². The van der Waals surface area contributed by atoms with Crippen LogP contribution < -0.4 is 5.73 Å². The molecule has 0 saturated carbocycles. The molecule has 0 aromatic heterocycles. The second-order valence-electron chi connectivity index (χ2n) is 3.29. The van der Waals surface area contributed by atoms with Crippen LogP contribution in [0.1, 0.15) is 10.4 Å². The lowest BCUT2D eigenvalue weighted by atomic mass is 10.2. The summed E-state index contributed by atoms with van der Waals surface area (Å²) in [6.07, 6.45) is -4.77. The van der Waals surface area contributed by atoms with E-state index in [2.05, 4.69) is 9.47 Å². The zero-order valence-corrected chi connectivity index (χ0v) is 10.8. The third-order valence-electron chi connectivity index (χ3n) is 1.85. The van der Waals surface area contributed by atoms with Crippen LogP contribution in [0.25, 0.3) is 0 Å². The Labute approximate surface area is 116 Å². The minimum absolute atomic E-state index is 0.0418. The van der Waals surface area contributed by atoms with E-state index in [1.807, 2.05) is 0 Å². The summed E-state index contributed by atoms with van der Waals surface area (Å²) in [4.78, 5) is 11.5. The summed E-state index contributed by atoms with van der Waals surface area (Å²) in [5, 5.41) is -0.0437. The average molecular weight is 318 g/mol. The van der Waals surface area contributed by atoms with Gasteiger partial charge in [-0.3, -0.25) is 4.74 Å². The Morgan fingerprint density at radius 1 is 1.26 bits per heavy atom. The Balaban J connectivity index is 2.60. The number of halogens is 5. The van der Waals surface area contributed by atoms with Crippen molar-refractivity contribution in [2.75, 3.05) is 18.9 Å². The van der Waals surface area contributed by atoms with Crippen LogP contribution >= 0.6 is 23.2 Å². The van der Waals surface area contributed by atoms with E-state index in [-0.39, 0.29) is 21.3 Å². The van der Waals surface area contributed by atoms with Gasteiger partial charge < -0.3 is 10.5 Å².